The molecule has 0 amide bonds. The summed E-state index contributed by atoms with van der Waals surface area (Å²) >= 11 is 3.33. The molecule has 0 fully saturated rings. The quantitative estimate of drug-likeness (QED) is 0.939. The minimum Gasteiger partial charge on any atom is -0.435 e. The molecule has 0 aliphatic carbocycles. The maximum atomic E-state index is 5.58. The highest BCUT2D eigenvalue weighted by atomic mass is 79.9. The van der Waals surface area contributed by atoms with Crippen LogP contribution in [0.25, 0.3) is 0 Å². The van der Waals surface area contributed by atoms with E-state index in [1.165, 1.54) is 0 Å². The molecular weight excluding hydrogens is 272 g/mol. The van der Waals surface area contributed by atoms with Gasteiger partial charge in [0.05, 0.1) is 28.8 Å². The lowest BCUT2D eigenvalue weighted by Gasteiger charge is -2.04. The Kier molecular flexibility index (Phi) is 3.09. The van der Waals surface area contributed by atoms with Crippen molar-refractivity contribution < 1.29 is 4.74 Å². The average Bonchev–Trinajstić information content (AvgIpc) is 2.70. The first-order chi connectivity index (χ1) is 7.69. The van der Waals surface area contributed by atoms with E-state index in [9.17, 15) is 0 Å². The van der Waals surface area contributed by atoms with Crippen LogP contribution in [0.1, 0.15) is 6.92 Å². The lowest BCUT2D eigenvalue weighted by molar-refractivity contribution is 0.458. The van der Waals surface area contributed by atoms with Gasteiger partial charge < -0.3 is 10.5 Å². The standard InChI is InChI=1S/C10H11BrN4O/c1-2-15-6-8(5-14-15)16-10-9(11)3-7(12)4-13-10/h3-6H,2,12H2,1H3. The maximum absolute atomic E-state index is 5.58. The van der Waals surface area contributed by atoms with E-state index in [0.29, 0.717) is 17.3 Å². The summed E-state index contributed by atoms with van der Waals surface area (Å²) in [6, 6.07) is 1.74. The Balaban J connectivity index is 2.20. The lowest BCUT2D eigenvalue weighted by atomic mass is 10.4. The summed E-state index contributed by atoms with van der Waals surface area (Å²) in [6.07, 6.45) is 5.00. The van der Waals surface area contributed by atoms with Crippen LogP contribution in [-0.4, -0.2) is 14.8 Å². The first kappa shape index (κ1) is 10.9. The molecule has 0 radical (unpaired) electrons. The summed E-state index contributed by atoms with van der Waals surface area (Å²) in [5.41, 5.74) is 6.17. The van der Waals surface area contributed by atoms with Crippen LogP contribution in [0.3, 0.4) is 0 Å². The van der Waals surface area contributed by atoms with E-state index in [0.717, 1.165) is 11.0 Å². The number of anilines is 1. The first-order valence-electron chi connectivity index (χ1n) is 4.80. The molecule has 0 aromatic carbocycles. The predicted molar refractivity (Wildman–Crippen MR) is 64.3 cm³/mol. The van der Waals surface area contributed by atoms with Gasteiger partial charge in [0.15, 0.2) is 5.75 Å². The van der Waals surface area contributed by atoms with Gasteiger partial charge in [0.25, 0.3) is 0 Å². The van der Waals surface area contributed by atoms with Gasteiger partial charge in [-0.25, -0.2) is 4.98 Å². The summed E-state index contributed by atoms with van der Waals surface area (Å²) in [5, 5.41) is 4.10. The Morgan fingerprint density at radius 3 is 2.94 bits per heavy atom. The summed E-state index contributed by atoms with van der Waals surface area (Å²) in [5.74, 6) is 1.13. The van der Waals surface area contributed by atoms with Crippen molar-refractivity contribution in [2.45, 2.75) is 13.5 Å². The second-order valence-corrected chi connectivity index (χ2v) is 4.04. The molecule has 2 rings (SSSR count). The van der Waals surface area contributed by atoms with E-state index < -0.39 is 0 Å². The first-order valence-corrected chi connectivity index (χ1v) is 5.59. The third kappa shape index (κ3) is 2.33. The van der Waals surface area contributed by atoms with Crippen molar-refractivity contribution in [2.75, 3.05) is 5.73 Å². The Morgan fingerprint density at radius 1 is 1.50 bits per heavy atom. The molecule has 6 heteroatoms. The number of pyridine rings is 1. The number of hydrogen-bond donors (Lipinski definition) is 1. The van der Waals surface area contributed by atoms with E-state index in [4.69, 9.17) is 10.5 Å². The monoisotopic (exact) mass is 282 g/mol. The molecule has 84 valence electrons. The molecule has 16 heavy (non-hydrogen) atoms. The lowest BCUT2D eigenvalue weighted by Crippen LogP contribution is -1.93. The topological polar surface area (TPSA) is 66.0 Å². The molecule has 2 aromatic heterocycles. The maximum Gasteiger partial charge on any atom is 0.233 e. The van der Waals surface area contributed by atoms with Gasteiger partial charge in [-0.15, -0.1) is 0 Å². The number of nitrogens with two attached hydrogens (primary N) is 1. The number of aromatic nitrogens is 3. The van der Waals surface area contributed by atoms with Crippen molar-refractivity contribution in [3.63, 3.8) is 0 Å². The molecule has 0 unspecified atom stereocenters. The second kappa shape index (κ2) is 4.52. The Bertz CT molecular complexity index is 497. The van der Waals surface area contributed by atoms with Gasteiger partial charge >= 0.3 is 0 Å². The van der Waals surface area contributed by atoms with Gasteiger partial charge in [0, 0.05) is 6.54 Å². The zero-order valence-electron chi connectivity index (χ0n) is 8.72. The predicted octanol–water partition coefficient (Wildman–Crippen LogP) is 2.43. The molecule has 0 saturated heterocycles. The van der Waals surface area contributed by atoms with Crippen molar-refractivity contribution in [1.29, 1.82) is 0 Å². The van der Waals surface area contributed by atoms with Gasteiger partial charge in [-0.1, -0.05) is 0 Å². The van der Waals surface area contributed by atoms with Crippen LogP contribution in [0, 0.1) is 0 Å². The molecular formula is C10H11BrN4O. The molecule has 0 spiro atoms. The van der Waals surface area contributed by atoms with Crippen LogP contribution in [0.4, 0.5) is 5.69 Å². The van der Waals surface area contributed by atoms with Gasteiger partial charge in [0.2, 0.25) is 5.88 Å². The Labute approximate surface area is 101 Å². The molecule has 0 aliphatic rings. The van der Waals surface area contributed by atoms with E-state index >= 15 is 0 Å². The number of hydrogen-bond acceptors (Lipinski definition) is 4. The molecule has 5 nitrogen and oxygen atoms in total. The highest BCUT2D eigenvalue weighted by Crippen LogP contribution is 2.28. The van der Waals surface area contributed by atoms with Gasteiger partial charge in [-0.3, -0.25) is 4.68 Å². The normalized spacial score (nSPS) is 10.4. The van der Waals surface area contributed by atoms with Crippen LogP contribution in [-0.2, 0) is 6.54 Å². The summed E-state index contributed by atoms with van der Waals surface area (Å²) in [7, 11) is 0. The zero-order valence-corrected chi connectivity index (χ0v) is 10.3. The van der Waals surface area contributed by atoms with Crippen LogP contribution in [0.2, 0.25) is 0 Å². The van der Waals surface area contributed by atoms with E-state index in [-0.39, 0.29) is 0 Å². The number of ether oxygens (including phenoxy) is 1. The third-order valence-corrected chi connectivity index (χ3v) is 2.54. The van der Waals surface area contributed by atoms with Crippen LogP contribution >= 0.6 is 15.9 Å². The molecule has 0 aliphatic heterocycles. The number of aryl methyl sites for hydroxylation is 1. The van der Waals surface area contributed by atoms with Crippen molar-refractivity contribution in [1.82, 2.24) is 14.8 Å². The average molecular weight is 283 g/mol. The minimum absolute atomic E-state index is 0.477. The Morgan fingerprint density at radius 2 is 2.31 bits per heavy atom. The molecule has 2 N–H and O–H groups in total. The van der Waals surface area contributed by atoms with Crippen molar-refractivity contribution in [3.05, 3.63) is 29.1 Å². The van der Waals surface area contributed by atoms with E-state index in [1.807, 2.05) is 13.1 Å². The summed E-state index contributed by atoms with van der Waals surface area (Å²) in [6.45, 7) is 2.81. The number of nitrogen functional groups attached to an aromatic ring is 1. The molecule has 2 aromatic rings. The van der Waals surface area contributed by atoms with Gasteiger partial charge in [-0.05, 0) is 28.9 Å². The number of rotatable bonds is 3. The minimum atomic E-state index is 0.477. The Hall–Kier alpha value is -1.56. The van der Waals surface area contributed by atoms with Crippen molar-refractivity contribution in [2.24, 2.45) is 0 Å². The van der Waals surface area contributed by atoms with Crippen LogP contribution in [0.5, 0.6) is 11.6 Å². The van der Waals surface area contributed by atoms with Crippen LogP contribution < -0.4 is 10.5 Å². The van der Waals surface area contributed by atoms with Crippen molar-refractivity contribution in [3.8, 4) is 11.6 Å². The third-order valence-electron chi connectivity index (χ3n) is 1.98. The largest absolute Gasteiger partial charge is 0.435 e. The highest BCUT2D eigenvalue weighted by molar-refractivity contribution is 9.10. The summed E-state index contributed by atoms with van der Waals surface area (Å²) in [4.78, 5) is 4.08. The smallest absolute Gasteiger partial charge is 0.233 e. The van der Waals surface area contributed by atoms with Gasteiger partial charge in [0.1, 0.15) is 0 Å². The fourth-order valence-electron chi connectivity index (χ4n) is 1.20. The summed E-state index contributed by atoms with van der Waals surface area (Å²) < 4.78 is 8.05. The van der Waals surface area contributed by atoms with E-state index in [2.05, 4.69) is 26.0 Å². The molecule has 0 saturated carbocycles. The van der Waals surface area contributed by atoms with Crippen LogP contribution in [0.15, 0.2) is 29.1 Å². The molecule has 2 heterocycles. The molecule has 0 atom stereocenters. The fraction of sp³-hybridized carbons (Fsp3) is 0.200. The number of halogens is 1. The van der Waals surface area contributed by atoms with Gasteiger partial charge in [-0.2, -0.15) is 5.10 Å². The molecule has 0 bridgehead atoms. The second-order valence-electron chi connectivity index (χ2n) is 3.19. The van der Waals surface area contributed by atoms with E-state index in [1.54, 1.807) is 23.1 Å². The van der Waals surface area contributed by atoms with Crippen molar-refractivity contribution >= 4 is 21.6 Å². The highest BCUT2D eigenvalue weighted by Gasteiger charge is 2.06. The SMILES string of the molecule is CCn1cc(Oc2ncc(N)cc2Br)cn1. The number of nitrogens with zero attached hydrogens (tertiary/aromatic N) is 3. The fourth-order valence-corrected chi connectivity index (χ4v) is 1.64. The zero-order chi connectivity index (χ0) is 11.5.